The zero-order valence-electron chi connectivity index (χ0n) is 13.3. The lowest BCUT2D eigenvalue weighted by atomic mass is 10.1. The summed E-state index contributed by atoms with van der Waals surface area (Å²) in [6.45, 7) is 2.94. The molecule has 1 aromatic carbocycles. The van der Waals surface area contributed by atoms with Gasteiger partial charge in [0.25, 0.3) is 0 Å². The maximum absolute atomic E-state index is 11.7. The van der Waals surface area contributed by atoms with E-state index in [1.54, 1.807) is 11.6 Å². The highest BCUT2D eigenvalue weighted by Crippen LogP contribution is 2.20. The van der Waals surface area contributed by atoms with E-state index in [0.29, 0.717) is 13.2 Å². The number of methoxy groups -OCH3 is 1. The molecule has 1 fully saturated rings. The molecule has 0 spiro atoms. The fraction of sp³-hybridized carbons (Fsp3) is 0.500. The van der Waals surface area contributed by atoms with Crippen LogP contribution in [-0.2, 0) is 27.9 Å². The van der Waals surface area contributed by atoms with Gasteiger partial charge in [0.1, 0.15) is 0 Å². The van der Waals surface area contributed by atoms with Crippen LogP contribution in [0.15, 0.2) is 23.0 Å². The molecule has 124 valence electrons. The van der Waals surface area contributed by atoms with Crippen molar-refractivity contribution in [2.45, 2.75) is 19.1 Å². The Balaban J connectivity index is 1.69. The van der Waals surface area contributed by atoms with Gasteiger partial charge in [0, 0.05) is 26.7 Å². The molecule has 1 aromatic heterocycles. The van der Waals surface area contributed by atoms with E-state index in [2.05, 4.69) is 17.0 Å². The average Bonchev–Trinajstić information content (AvgIpc) is 2.82. The summed E-state index contributed by atoms with van der Waals surface area (Å²) in [7, 11) is 3.18. The Labute approximate surface area is 138 Å². The third-order valence-corrected chi connectivity index (χ3v) is 5.10. The average molecular weight is 336 g/mol. The fourth-order valence-electron chi connectivity index (χ4n) is 2.85. The van der Waals surface area contributed by atoms with E-state index in [-0.39, 0.29) is 23.4 Å². The third-order valence-electron chi connectivity index (χ3n) is 4.11. The van der Waals surface area contributed by atoms with Crippen LogP contribution >= 0.6 is 11.3 Å². The maximum atomic E-state index is 11.7. The van der Waals surface area contributed by atoms with Crippen LogP contribution in [0.5, 0.6) is 0 Å². The van der Waals surface area contributed by atoms with E-state index >= 15 is 0 Å². The topological polar surface area (TPSA) is 60.8 Å². The predicted octanol–water partition coefficient (Wildman–Crippen LogP) is 1.36. The summed E-state index contributed by atoms with van der Waals surface area (Å²) in [5, 5.41) is 0. The lowest BCUT2D eigenvalue weighted by molar-refractivity contribution is -0.145. The van der Waals surface area contributed by atoms with Crippen LogP contribution in [0.1, 0.15) is 12.0 Å². The Morgan fingerprint density at radius 1 is 1.48 bits per heavy atom. The van der Waals surface area contributed by atoms with Crippen molar-refractivity contribution in [3.05, 3.63) is 33.4 Å². The van der Waals surface area contributed by atoms with Crippen LogP contribution in [0.25, 0.3) is 10.2 Å². The Bertz CT molecular complexity index is 767. The van der Waals surface area contributed by atoms with E-state index in [0.717, 1.165) is 28.9 Å². The molecule has 2 aromatic rings. The highest BCUT2D eigenvalue weighted by atomic mass is 32.1. The molecule has 0 bridgehead atoms. The Kier molecular flexibility index (Phi) is 4.79. The summed E-state index contributed by atoms with van der Waals surface area (Å²) < 4.78 is 13.0. The van der Waals surface area contributed by atoms with Gasteiger partial charge in [-0.15, -0.1) is 0 Å². The number of carbonyl (C=O) groups is 1. The van der Waals surface area contributed by atoms with Crippen molar-refractivity contribution in [2.24, 2.45) is 7.05 Å². The molecule has 3 rings (SSSR count). The van der Waals surface area contributed by atoms with Gasteiger partial charge in [0.15, 0.2) is 0 Å². The molecule has 0 unspecified atom stereocenters. The molecular formula is C16H20N2O4S. The number of nitrogens with zero attached hydrogens (tertiary/aromatic N) is 2. The van der Waals surface area contributed by atoms with Gasteiger partial charge in [-0.2, -0.15) is 0 Å². The molecule has 1 atom stereocenters. The number of ether oxygens (including phenoxy) is 2. The van der Waals surface area contributed by atoms with Gasteiger partial charge >= 0.3 is 10.8 Å². The van der Waals surface area contributed by atoms with Crippen molar-refractivity contribution in [3.8, 4) is 0 Å². The lowest BCUT2D eigenvalue weighted by Crippen LogP contribution is -2.42. The van der Waals surface area contributed by atoms with Gasteiger partial charge in [-0.3, -0.25) is 14.5 Å². The molecule has 1 aliphatic rings. The van der Waals surface area contributed by atoms with Crippen molar-refractivity contribution >= 4 is 27.5 Å². The first-order valence-corrected chi connectivity index (χ1v) is 8.37. The highest BCUT2D eigenvalue weighted by Gasteiger charge is 2.23. The van der Waals surface area contributed by atoms with Gasteiger partial charge in [0.2, 0.25) is 0 Å². The highest BCUT2D eigenvalue weighted by molar-refractivity contribution is 7.16. The monoisotopic (exact) mass is 336 g/mol. The largest absolute Gasteiger partial charge is 0.469 e. The predicted molar refractivity (Wildman–Crippen MR) is 88.7 cm³/mol. The summed E-state index contributed by atoms with van der Waals surface area (Å²) in [6, 6.07) is 6.13. The van der Waals surface area contributed by atoms with Gasteiger partial charge in [-0.25, -0.2) is 0 Å². The number of esters is 1. The second kappa shape index (κ2) is 6.82. The minimum Gasteiger partial charge on any atom is -0.469 e. The standard InChI is InChI=1S/C16H20N2O4S/c1-17-13-4-3-11(7-14(13)23-16(17)20)9-18-5-6-22-12(10-18)8-15(19)21-2/h3-4,7,12H,5-6,8-10H2,1-2H3/t12-/m0/s1. The van der Waals surface area contributed by atoms with Gasteiger partial charge < -0.3 is 14.0 Å². The number of benzene rings is 1. The van der Waals surface area contributed by atoms with E-state index in [4.69, 9.17) is 9.47 Å². The number of hydrogen-bond donors (Lipinski definition) is 0. The number of rotatable bonds is 4. The molecular weight excluding hydrogens is 316 g/mol. The first-order chi connectivity index (χ1) is 11.1. The molecule has 1 aliphatic heterocycles. The summed E-state index contributed by atoms with van der Waals surface area (Å²) >= 11 is 1.27. The van der Waals surface area contributed by atoms with Crippen molar-refractivity contribution in [2.75, 3.05) is 26.8 Å². The summed E-state index contributed by atoms with van der Waals surface area (Å²) in [4.78, 5) is 25.4. The third kappa shape index (κ3) is 3.63. The molecule has 0 N–H and O–H groups in total. The molecule has 0 saturated carbocycles. The minimum atomic E-state index is -0.243. The van der Waals surface area contributed by atoms with E-state index in [1.165, 1.54) is 18.4 Å². The summed E-state index contributed by atoms with van der Waals surface area (Å²) in [5.41, 5.74) is 2.13. The number of aromatic nitrogens is 1. The Morgan fingerprint density at radius 3 is 3.09 bits per heavy atom. The van der Waals surface area contributed by atoms with Crippen molar-refractivity contribution in [3.63, 3.8) is 0 Å². The second-order valence-electron chi connectivity index (χ2n) is 5.74. The number of hydrogen-bond acceptors (Lipinski definition) is 6. The fourth-order valence-corrected chi connectivity index (χ4v) is 3.79. The van der Waals surface area contributed by atoms with Gasteiger partial charge in [-0.1, -0.05) is 17.4 Å². The number of carbonyl (C=O) groups excluding carboxylic acids is 1. The molecule has 1 saturated heterocycles. The van der Waals surface area contributed by atoms with Crippen molar-refractivity contribution in [1.29, 1.82) is 0 Å². The molecule has 0 amide bonds. The Morgan fingerprint density at radius 2 is 2.30 bits per heavy atom. The zero-order chi connectivity index (χ0) is 16.4. The first kappa shape index (κ1) is 16.2. The lowest BCUT2D eigenvalue weighted by Gasteiger charge is -2.32. The van der Waals surface area contributed by atoms with E-state index in [1.807, 2.05) is 6.07 Å². The van der Waals surface area contributed by atoms with E-state index in [9.17, 15) is 9.59 Å². The van der Waals surface area contributed by atoms with E-state index < -0.39 is 0 Å². The number of thiazole rings is 1. The van der Waals surface area contributed by atoms with Gasteiger partial charge in [0.05, 0.1) is 36.5 Å². The maximum Gasteiger partial charge on any atom is 0.308 e. The van der Waals surface area contributed by atoms with Crippen molar-refractivity contribution < 1.29 is 14.3 Å². The quantitative estimate of drug-likeness (QED) is 0.789. The summed E-state index contributed by atoms with van der Waals surface area (Å²) in [6.07, 6.45) is 0.166. The zero-order valence-corrected chi connectivity index (χ0v) is 14.1. The molecule has 6 nitrogen and oxygen atoms in total. The van der Waals surface area contributed by atoms with Crippen LogP contribution in [0.4, 0.5) is 0 Å². The number of morpholine rings is 1. The number of fused-ring (bicyclic) bond motifs is 1. The molecule has 7 heteroatoms. The van der Waals surface area contributed by atoms with Gasteiger partial charge in [-0.05, 0) is 17.7 Å². The normalized spacial score (nSPS) is 19.1. The van der Waals surface area contributed by atoms with Crippen LogP contribution in [0, 0.1) is 0 Å². The molecule has 2 heterocycles. The van der Waals surface area contributed by atoms with Crippen LogP contribution in [-0.4, -0.2) is 48.3 Å². The minimum absolute atomic E-state index is 0.0571. The van der Waals surface area contributed by atoms with Crippen molar-refractivity contribution in [1.82, 2.24) is 9.47 Å². The van der Waals surface area contributed by atoms with Crippen LogP contribution in [0.2, 0.25) is 0 Å². The Hall–Kier alpha value is -1.70. The smallest absolute Gasteiger partial charge is 0.308 e. The summed E-state index contributed by atoms with van der Waals surface area (Å²) in [5.74, 6) is -0.243. The van der Waals surface area contributed by atoms with Crippen LogP contribution < -0.4 is 4.87 Å². The van der Waals surface area contributed by atoms with Crippen LogP contribution in [0.3, 0.4) is 0 Å². The first-order valence-electron chi connectivity index (χ1n) is 7.56. The second-order valence-corrected chi connectivity index (χ2v) is 6.73. The molecule has 23 heavy (non-hydrogen) atoms. The SMILES string of the molecule is COC(=O)C[C@H]1CN(Cc2ccc3c(c2)sc(=O)n3C)CCO1. The molecule has 0 aliphatic carbocycles. The number of aryl methyl sites for hydroxylation is 1. The molecule has 0 radical (unpaired) electrons.